The van der Waals surface area contributed by atoms with Crippen molar-refractivity contribution >= 4 is 23.2 Å². The van der Waals surface area contributed by atoms with Crippen LogP contribution in [0.25, 0.3) is 0 Å². The Labute approximate surface area is 169 Å². The van der Waals surface area contributed by atoms with E-state index in [9.17, 15) is 9.59 Å². The molecule has 1 aromatic heterocycles. The third-order valence-electron chi connectivity index (χ3n) is 5.62. The molecule has 0 bridgehead atoms. The molecule has 0 unspecified atom stereocenters. The first-order valence-corrected chi connectivity index (χ1v) is 10.1. The van der Waals surface area contributed by atoms with Crippen LogP contribution in [-0.4, -0.2) is 48.7 Å². The molecule has 1 fully saturated rings. The van der Waals surface area contributed by atoms with Crippen molar-refractivity contribution in [2.75, 3.05) is 38.2 Å². The van der Waals surface area contributed by atoms with E-state index >= 15 is 0 Å². The number of nitrogens with zero attached hydrogens (tertiary/aromatic N) is 3. The molecule has 1 aromatic carbocycles. The first-order chi connectivity index (χ1) is 13.6. The van der Waals surface area contributed by atoms with Crippen LogP contribution >= 0.6 is 11.6 Å². The number of carbonyl (C=O) groups excluding carboxylic acids is 1. The highest BCUT2D eigenvalue weighted by Gasteiger charge is 2.29. The smallest absolute Gasteiger partial charge is 0.259 e. The molecule has 148 valence electrons. The van der Waals surface area contributed by atoms with Crippen LogP contribution in [0.3, 0.4) is 0 Å². The van der Waals surface area contributed by atoms with E-state index in [1.54, 1.807) is 4.57 Å². The number of piperazine rings is 1. The van der Waals surface area contributed by atoms with Crippen molar-refractivity contribution in [3.05, 3.63) is 57.0 Å². The number of fused-ring (bicyclic) bond motifs is 1. The van der Waals surface area contributed by atoms with E-state index in [0.717, 1.165) is 35.7 Å². The first-order valence-electron chi connectivity index (χ1n) is 9.69. The van der Waals surface area contributed by atoms with Gasteiger partial charge in [0.1, 0.15) is 11.3 Å². The van der Waals surface area contributed by atoms with Gasteiger partial charge in [-0.25, -0.2) is 0 Å². The molecule has 2 aromatic rings. The van der Waals surface area contributed by atoms with Crippen LogP contribution in [0.15, 0.2) is 35.1 Å². The van der Waals surface area contributed by atoms with E-state index in [-0.39, 0.29) is 11.5 Å². The van der Waals surface area contributed by atoms with Gasteiger partial charge >= 0.3 is 0 Å². The number of amides is 1. The molecular weight excluding hydrogens is 378 g/mol. The zero-order valence-corrected chi connectivity index (χ0v) is 16.7. The first kappa shape index (κ1) is 18.9. The normalized spacial score (nSPS) is 16.6. The summed E-state index contributed by atoms with van der Waals surface area (Å²) in [6, 6.07) is 9.22. The van der Waals surface area contributed by atoms with Crippen LogP contribution in [0.5, 0.6) is 5.75 Å². The quantitative estimate of drug-likeness (QED) is 0.793. The Morgan fingerprint density at radius 3 is 2.54 bits per heavy atom. The molecule has 0 N–H and O–H groups in total. The molecule has 1 saturated heterocycles. The fraction of sp³-hybridized carbons (Fsp3) is 0.429. The van der Waals surface area contributed by atoms with Gasteiger partial charge in [-0.2, -0.15) is 0 Å². The van der Waals surface area contributed by atoms with E-state index in [1.165, 1.54) is 13.2 Å². The number of pyridine rings is 1. The lowest BCUT2D eigenvalue weighted by Crippen LogP contribution is -2.49. The second-order valence-corrected chi connectivity index (χ2v) is 7.62. The van der Waals surface area contributed by atoms with Crippen molar-refractivity contribution in [2.45, 2.75) is 25.8 Å². The van der Waals surface area contributed by atoms with Crippen LogP contribution in [0.2, 0.25) is 5.02 Å². The molecule has 4 rings (SSSR count). The molecule has 0 radical (unpaired) electrons. The van der Waals surface area contributed by atoms with Gasteiger partial charge in [-0.3, -0.25) is 9.59 Å². The maximum Gasteiger partial charge on any atom is 0.259 e. The highest BCUT2D eigenvalue weighted by atomic mass is 35.5. The molecule has 7 heteroatoms. The second-order valence-electron chi connectivity index (χ2n) is 7.21. The minimum absolute atomic E-state index is 0.0543. The van der Waals surface area contributed by atoms with Gasteiger partial charge in [-0.15, -0.1) is 0 Å². The maximum absolute atomic E-state index is 13.4. The zero-order chi connectivity index (χ0) is 19.7. The van der Waals surface area contributed by atoms with Crippen LogP contribution in [0, 0.1) is 0 Å². The van der Waals surface area contributed by atoms with Crippen molar-refractivity contribution in [3.63, 3.8) is 0 Å². The van der Waals surface area contributed by atoms with E-state index < -0.39 is 0 Å². The Bertz CT molecular complexity index is 948. The Kier molecular flexibility index (Phi) is 5.31. The molecule has 28 heavy (non-hydrogen) atoms. The summed E-state index contributed by atoms with van der Waals surface area (Å²) in [4.78, 5) is 29.8. The number of anilines is 1. The van der Waals surface area contributed by atoms with Crippen molar-refractivity contribution in [2.24, 2.45) is 0 Å². The second kappa shape index (κ2) is 7.87. The molecular formula is C21H24ClN3O3. The van der Waals surface area contributed by atoms with Gasteiger partial charge in [-0.1, -0.05) is 23.7 Å². The van der Waals surface area contributed by atoms with Gasteiger partial charge in [-0.05, 0) is 31.4 Å². The minimum atomic E-state index is -0.0911. The Morgan fingerprint density at radius 2 is 1.82 bits per heavy atom. The predicted octanol–water partition coefficient (Wildman–Crippen LogP) is 2.81. The van der Waals surface area contributed by atoms with E-state index in [1.807, 2.05) is 29.2 Å². The average Bonchev–Trinajstić information content (AvgIpc) is 2.74. The third-order valence-corrected chi connectivity index (χ3v) is 5.94. The molecule has 0 atom stereocenters. The van der Waals surface area contributed by atoms with Gasteiger partial charge in [0.15, 0.2) is 0 Å². The monoisotopic (exact) mass is 401 g/mol. The third kappa shape index (κ3) is 3.37. The molecule has 2 aliphatic heterocycles. The molecule has 2 aliphatic rings. The minimum Gasteiger partial charge on any atom is -0.496 e. The van der Waals surface area contributed by atoms with Gasteiger partial charge in [0, 0.05) is 44.5 Å². The fourth-order valence-corrected chi connectivity index (χ4v) is 4.40. The summed E-state index contributed by atoms with van der Waals surface area (Å²) in [6.45, 7) is 3.30. The number of methoxy groups -OCH3 is 1. The molecule has 0 saturated carbocycles. The molecule has 3 heterocycles. The predicted molar refractivity (Wildman–Crippen MR) is 110 cm³/mol. The van der Waals surface area contributed by atoms with E-state index in [4.69, 9.17) is 16.3 Å². The lowest BCUT2D eigenvalue weighted by molar-refractivity contribution is 0.0740. The lowest BCUT2D eigenvalue weighted by atomic mass is 10.0. The maximum atomic E-state index is 13.4. The van der Waals surface area contributed by atoms with Crippen molar-refractivity contribution < 1.29 is 9.53 Å². The number of aromatic nitrogens is 1. The van der Waals surface area contributed by atoms with E-state index in [0.29, 0.717) is 44.0 Å². The Morgan fingerprint density at radius 1 is 1.07 bits per heavy atom. The van der Waals surface area contributed by atoms with Crippen LogP contribution in [-0.2, 0) is 13.0 Å². The summed E-state index contributed by atoms with van der Waals surface area (Å²) in [5.41, 5.74) is 2.27. The number of para-hydroxylation sites is 1. The summed E-state index contributed by atoms with van der Waals surface area (Å²) in [5, 5.41) is 0.723. The number of carbonyl (C=O) groups is 1. The average molecular weight is 402 g/mol. The topological polar surface area (TPSA) is 54.8 Å². The molecule has 0 spiro atoms. The Balaban J connectivity index is 1.58. The molecule has 0 aliphatic carbocycles. The summed E-state index contributed by atoms with van der Waals surface area (Å²) in [5.74, 6) is 0.331. The van der Waals surface area contributed by atoms with E-state index in [2.05, 4.69) is 4.90 Å². The largest absolute Gasteiger partial charge is 0.496 e. The van der Waals surface area contributed by atoms with Gasteiger partial charge in [0.05, 0.1) is 17.8 Å². The molecule has 6 nitrogen and oxygen atoms in total. The number of halogens is 1. The highest BCUT2D eigenvalue weighted by molar-refractivity contribution is 6.33. The number of hydrogen-bond acceptors (Lipinski definition) is 4. The van der Waals surface area contributed by atoms with Crippen LogP contribution in [0.4, 0.5) is 5.69 Å². The highest BCUT2D eigenvalue weighted by Crippen LogP contribution is 2.29. The van der Waals surface area contributed by atoms with Crippen molar-refractivity contribution in [1.82, 2.24) is 9.47 Å². The standard InChI is InChI=1S/C21H24ClN3O3/c1-28-18-14-19(26)25-9-5-4-8-17(25)20(18)21(27)24-12-10-23(11-13-24)16-7-3-2-6-15(16)22/h2-3,6-7,14H,4-5,8-13H2,1H3. The summed E-state index contributed by atoms with van der Waals surface area (Å²) in [6.07, 6.45) is 2.67. The van der Waals surface area contributed by atoms with Crippen molar-refractivity contribution in [3.8, 4) is 5.75 Å². The van der Waals surface area contributed by atoms with Crippen LogP contribution < -0.4 is 15.2 Å². The zero-order valence-electron chi connectivity index (χ0n) is 16.0. The summed E-state index contributed by atoms with van der Waals surface area (Å²) < 4.78 is 7.16. The number of ether oxygens (including phenoxy) is 1. The number of hydrogen-bond donors (Lipinski definition) is 0. The SMILES string of the molecule is COc1cc(=O)n2c(c1C(=O)N1CCN(c3ccccc3Cl)CC1)CCCC2. The van der Waals surface area contributed by atoms with Crippen molar-refractivity contribution in [1.29, 1.82) is 0 Å². The number of rotatable bonds is 3. The number of benzene rings is 1. The lowest BCUT2D eigenvalue weighted by Gasteiger charge is -2.37. The fourth-order valence-electron chi connectivity index (χ4n) is 4.15. The Hall–Kier alpha value is -2.47. The van der Waals surface area contributed by atoms with Gasteiger partial charge in [0.25, 0.3) is 11.5 Å². The molecule has 1 amide bonds. The van der Waals surface area contributed by atoms with Crippen LogP contribution in [0.1, 0.15) is 28.9 Å². The van der Waals surface area contributed by atoms with Gasteiger partial charge in [0.2, 0.25) is 0 Å². The summed E-state index contributed by atoms with van der Waals surface area (Å²) >= 11 is 6.32. The van der Waals surface area contributed by atoms with Gasteiger partial charge < -0.3 is 19.1 Å². The summed E-state index contributed by atoms with van der Waals surface area (Å²) in [7, 11) is 1.51.